The smallest absolute Gasteiger partial charge is 0.225 e. The van der Waals surface area contributed by atoms with Crippen molar-refractivity contribution in [2.45, 2.75) is 45.6 Å². The SMILES string of the molecule is Cc1cc2ncc3cc(-c4ccccc4)c(-c4ccc(CN5CCC(C(=O)N6CC7CCCC7C6)CC5)cc4)nc3n2n1. The van der Waals surface area contributed by atoms with Gasteiger partial charge in [-0.15, -0.1) is 0 Å². The molecule has 5 heterocycles. The molecule has 3 fully saturated rings. The number of benzene rings is 2. The molecule has 3 aliphatic rings. The van der Waals surface area contributed by atoms with Crippen LogP contribution in [0.25, 0.3) is 39.1 Å². The third-order valence-electron chi connectivity index (χ3n) is 10.1. The molecule has 0 spiro atoms. The quantitative estimate of drug-likeness (QED) is 0.245. The number of likely N-dealkylation sites (tertiary alicyclic amines) is 2. The largest absolute Gasteiger partial charge is 0.342 e. The fraction of sp³-hybridized carbons (Fsp3) is 0.389. The highest BCUT2D eigenvalue weighted by Crippen LogP contribution is 2.39. The summed E-state index contributed by atoms with van der Waals surface area (Å²) in [7, 11) is 0. The molecule has 3 aromatic heterocycles. The highest BCUT2D eigenvalue weighted by atomic mass is 16.2. The van der Waals surface area contributed by atoms with Gasteiger partial charge in [0.25, 0.3) is 0 Å². The maximum Gasteiger partial charge on any atom is 0.225 e. The normalized spacial score (nSPS) is 21.2. The molecular weight excluding hydrogens is 532 g/mol. The van der Waals surface area contributed by atoms with Gasteiger partial charge in [0.2, 0.25) is 5.91 Å². The highest BCUT2D eigenvalue weighted by Gasteiger charge is 2.40. The lowest BCUT2D eigenvalue weighted by molar-refractivity contribution is -0.136. The molecule has 5 aromatic rings. The average Bonchev–Trinajstić information content (AvgIpc) is 3.76. The minimum absolute atomic E-state index is 0.202. The van der Waals surface area contributed by atoms with Crippen molar-refractivity contribution in [1.29, 1.82) is 0 Å². The Balaban J connectivity index is 1.00. The van der Waals surface area contributed by atoms with E-state index in [1.807, 2.05) is 29.8 Å². The summed E-state index contributed by atoms with van der Waals surface area (Å²) in [5.41, 5.74) is 8.06. The Hall–Kier alpha value is -4.10. The van der Waals surface area contributed by atoms with Crippen molar-refractivity contribution < 1.29 is 4.79 Å². The van der Waals surface area contributed by atoms with Crippen LogP contribution in [0.2, 0.25) is 0 Å². The van der Waals surface area contributed by atoms with Crippen molar-refractivity contribution in [3.63, 3.8) is 0 Å². The van der Waals surface area contributed by atoms with Gasteiger partial charge in [0.15, 0.2) is 11.3 Å². The number of fused-ring (bicyclic) bond motifs is 4. The summed E-state index contributed by atoms with van der Waals surface area (Å²) >= 11 is 0. The molecule has 43 heavy (non-hydrogen) atoms. The molecule has 8 rings (SSSR count). The molecule has 1 aliphatic carbocycles. The first-order valence-electron chi connectivity index (χ1n) is 15.9. The predicted octanol–water partition coefficient (Wildman–Crippen LogP) is 6.39. The van der Waals surface area contributed by atoms with Crippen molar-refractivity contribution >= 4 is 22.6 Å². The minimum Gasteiger partial charge on any atom is -0.342 e. The van der Waals surface area contributed by atoms with E-state index in [1.54, 1.807) is 0 Å². The maximum atomic E-state index is 13.2. The second-order valence-electron chi connectivity index (χ2n) is 12.9. The van der Waals surface area contributed by atoms with Gasteiger partial charge in [-0.2, -0.15) is 9.61 Å². The van der Waals surface area contributed by atoms with Crippen LogP contribution in [0.5, 0.6) is 0 Å². The topological polar surface area (TPSA) is 66.6 Å². The van der Waals surface area contributed by atoms with E-state index < -0.39 is 0 Å². The van der Waals surface area contributed by atoms with Gasteiger partial charge in [-0.3, -0.25) is 9.69 Å². The molecule has 1 amide bonds. The third kappa shape index (κ3) is 4.99. The second-order valence-corrected chi connectivity index (χ2v) is 12.9. The summed E-state index contributed by atoms with van der Waals surface area (Å²) in [6.45, 7) is 6.88. The zero-order chi connectivity index (χ0) is 28.9. The fourth-order valence-electron chi connectivity index (χ4n) is 7.75. The van der Waals surface area contributed by atoms with Crippen LogP contribution in [0.1, 0.15) is 43.4 Å². The van der Waals surface area contributed by atoms with Gasteiger partial charge in [-0.25, -0.2) is 9.97 Å². The zero-order valence-electron chi connectivity index (χ0n) is 24.8. The number of carbonyl (C=O) groups excluding carboxylic acids is 1. The highest BCUT2D eigenvalue weighted by molar-refractivity contribution is 5.90. The lowest BCUT2D eigenvalue weighted by atomic mass is 9.94. The van der Waals surface area contributed by atoms with E-state index in [1.165, 1.54) is 24.8 Å². The summed E-state index contributed by atoms with van der Waals surface area (Å²) in [5.74, 6) is 2.17. The first kappa shape index (κ1) is 26.5. The van der Waals surface area contributed by atoms with Gasteiger partial charge in [-0.1, -0.05) is 61.0 Å². The number of carbonyl (C=O) groups is 1. The summed E-state index contributed by atoms with van der Waals surface area (Å²) in [4.78, 5) is 27.8. The molecule has 218 valence electrons. The Morgan fingerprint density at radius 1 is 0.884 bits per heavy atom. The standard InChI is InChI=1S/C36H38N6O/c1-24-18-33-37-20-31-19-32(26-6-3-2-4-7-26)34(38-35(31)42(33)39-24)27-12-10-25(11-13-27)21-40-16-14-28(15-17-40)36(43)41-22-29-8-5-9-30(29)23-41/h2-4,6-7,10-13,18-20,28-30H,5,8-9,14-17,21-23H2,1H3. The van der Waals surface area contributed by atoms with Gasteiger partial charge in [0.1, 0.15) is 0 Å². The first-order valence-corrected chi connectivity index (χ1v) is 15.9. The molecule has 2 aliphatic heterocycles. The number of aromatic nitrogens is 4. The van der Waals surface area contributed by atoms with Crippen LogP contribution < -0.4 is 0 Å². The Bertz CT molecular complexity index is 1780. The van der Waals surface area contributed by atoms with Crippen molar-refractivity contribution in [1.82, 2.24) is 29.4 Å². The van der Waals surface area contributed by atoms with Gasteiger partial charge in [0, 0.05) is 54.3 Å². The molecule has 7 heteroatoms. The number of hydrogen-bond donors (Lipinski definition) is 0. The molecule has 2 aromatic carbocycles. The monoisotopic (exact) mass is 570 g/mol. The van der Waals surface area contributed by atoms with Crippen LogP contribution in [0, 0.1) is 24.7 Å². The van der Waals surface area contributed by atoms with Gasteiger partial charge in [-0.05, 0) is 74.7 Å². The maximum absolute atomic E-state index is 13.2. The van der Waals surface area contributed by atoms with Crippen molar-refractivity contribution in [2.24, 2.45) is 17.8 Å². The number of pyridine rings is 1. The zero-order valence-corrected chi connectivity index (χ0v) is 24.8. The van der Waals surface area contributed by atoms with Crippen molar-refractivity contribution in [3.8, 4) is 22.4 Å². The number of rotatable bonds is 5. The molecule has 0 radical (unpaired) electrons. The fourth-order valence-corrected chi connectivity index (χ4v) is 7.75. The minimum atomic E-state index is 0.202. The molecule has 7 nitrogen and oxygen atoms in total. The van der Waals surface area contributed by atoms with Crippen molar-refractivity contribution in [3.05, 3.63) is 84.2 Å². The molecule has 2 saturated heterocycles. The first-order chi connectivity index (χ1) is 21.1. The van der Waals surface area contributed by atoms with Gasteiger partial charge < -0.3 is 4.90 Å². The van der Waals surface area contributed by atoms with Gasteiger partial charge in [0.05, 0.1) is 11.4 Å². The van der Waals surface area contributed by atoms with E-state index >= 15 is 0 Å². The second kappa shape index (κ2) is 10.9. The Kier molecular flexibility index (Phi) is 6.70. The number of amides is 1. The van der Waals surface area contributed by atoms with Gasteiger partial charge >= 0.3 is 0 Å². The van der Waals surface area contributed by atoms with Crippen LogP contribution in [-0.2, 0) is 11.3 Å². The summed E-state index contributed by atoms with van der Waals surface area (Å²) in [6, 6.07) is 23.5. The van der Waals surface area contributed by atoms with E-state index in [4.69, 9.17) is 4.98 Å². The molecule has 0 N–H and O–H groups in total. The molecular formula is C36H38N6O. The van der Waals surface area contributed by atoms with E-state index in [2.05, 4.69) is 74.5 Å². The Morgan fingerprint density at radius 3 is 2.37 bits per heavy atom. The number of piperidine rings is 1. The van der Waals surface area contributed by atoms with Crippen molar-refractivity contribution in [2.75, 3.05) is 26.2 Å². The van der Waals surface area contributed by atoms with Crippen LogP contribution in [0.3, 0.4) is 0 Å². The third-order valence-corrected chi connectivity index (χ3v) is 10.1. The molecule has 0 bridgehead atoms. The number of nitrogens with zero attached hydrogens (tertiary/aromatic N) is 6. The Labute approximate surface area is 252 Å². The van der Waals surface area contributed by atoms with E-state index in [-0.39, 0.29) is 5.92 Å². The summed E-state index contributed by atoms with van der Waals surface area (Å²) in [5, 5.41) is 5.63. The number of hydrogen-bond acceptors (Lipinski definition) is 5. The summed E-state index contributed by atoms with van der Waals surface area (Å²) in [6.07, 6.45) is 7.84. The molecule has 2 unspecified atom stereocenters. The lowest BCUT2D eigenvalue weighted by Gasteiger charge is -2.33. The van der Waals surface area contributed by atoms with Crippen LogP contribution in [0.4, 0.5) is 0 Å². The molecule has 2 atom stereocenters. The predicted molar refractivity (Wildman–Crippen MR) is 169 cm³/mol. The average molecular weight is 571 g/mol. The number of aryl methyl sites for hydroxylation is 1. The lowest BCUT2D eigenvalue weighted by Crippen LogP contribution is -2.41. The van der Waals surface area contributed by atoms with Crippen LogP contribution in [-0.4, -0.2) is 61.5 Å². The van der Waals surface area contributed by atoms with E-state index in [0.717, 1.165) is 102 Å². The van der Waals surface area contributed by atoms with Crippen LogP contribution >= 0.6 is 0 Å². The summed E-state index contributed by atoms with van der Waals surface area (Å²) < 4.78 is 1.85. The molecule has 1 saturated carbocycles. The van der Waals surface area contributed by atoms with Crippen LogP contribution in [0.15, 0.2) is 72.9 Å². The van der Waals surface area contributed by atoms with E-state index in [9.17, 15) is 4.79 Å². The Morgan fingerprint density at radius 2 is 1.63 bits per heavy atom. The van der Waals surface area contributed by atoms with E-state index in [0.29, 0.717) is 5.91 Å².